The van der Waals surface area contributed by atoms with E-state index in [1.54, 1.807) is 25.1 Å². The van der Waals surface area contributed by atoms with Gasteiger partial charge in [0.2, 0.25) is 11.8 Å². The van der Waals surface area contributed by atoms with Crippen molar-refractivity contribution in [3.63, 3.8) is 0 Å². The summed E-state index contributed by atoms with van der Waals surface area (Å²) in [5.74, 6) is -0.416. The van der Waals surface area contributed by atoms with Crippen molar-refractivity contribution in [2.45, 2.75) is 44.2 Å². The number of carbonyl (C=O) groups excluding carboxylic acids is 2. The van der Waals surface area contributed by atoms with Gasteiger partial charge in [-0.3, -0.25) is 13.9 Å². The molecule has 9 nitrogen and oxygen atoms in total. The Morgan fingerprint density at radius 2 is 1.56 bits per heavy atom. The molecule has 3 aromatic rings. The Bertz CT molecular complexity index is 1540. The molecule has 0 saturated heterocycles. The Morgan fingerprint density at radius 1 is 0.884 bits per heavy atom. The minimum absolute atomic E-state index is 0.0152. The number of ether oxygens (including phenoxy) is 2. The Kier molecular flexibility index (Phi) is 12.4. The molecule has 232 valence electrons. The average molecular weight is 671 g/mol. The quantitative estimate of drug-likeness (QED) is 0.219. The molecule has 0 spiro atoms. The molecule has 0 radical (unpaired) electrons. The van der Waals surface area contributed by atoms with E-state index in [9.17, 15) is 18.0 Å². The van der Waals surface area contributed by atoms with E-state index < -0.39 is 28.5 Å². The fraction of sp³-hybridized carbons (Fsp3) is 0.333. The van der Waals surface area contributed by atoms with Crippen LogP contribution in [0.3, 0.4) is 0 Å². The molecule has 0 aliphatic carbocycles. The topological polar surface area (TPSA) is 105 Å². The molecule has 43 heavy (non-hydrogen) atoms. The van der Waals surface area contributed by atoms with Crippen LogP contribution in [0.15, 0.2) is 65.6 Å². The lowest BCUT2D eigenvalue weighted by Crippen LogP contribution is -2.52. The first-order chi connectivity index (χ1) is 20.5. The first kappa shape index (κ1) is 34.3. The van der Waals surface area contributed by atoms with E-state index in [1.165, 1.54) is 61.6 Å². The van der Waals surface area contributed by atoms with Gasteiger partial charge in [-0.15, -0.1) is 0 Å². The molecule has 0 fully saturated rings. The second kappa shape index (κ2) is 15.5. The zero-order chi connectivity index (χ0) is 31.7. The summed E-state index contributed by atoms with van der Waals surface area (Å²) in [6.07, 6.45) is 0.989. The Labute approximate surface area is 267 Å². The van der Waals surface area contributed by atoms with E-state index in [-0.39, 0.29) is 40.2 Å². The fourth-order valence-corrected chi connectivity index (χ4v) is 6.24. The van der Waals surface area contributed by atoms with Crippen molar-refractivity contribution in [2.24, 2.45) is 0 Å². The molecule has 3 aromatic carbocycles. The van der Waals surface area contributed by atoms with Gasteiger partial charge in [0.15, 0.2) is 11.5 Å². The Morgan fingerprint density at radius 3 is 2.14 bits per heavy atom. The summed E-state index contributed by atoms with van der Waals surface area (Å²) in [5, 5.41) is 3.86. The molecule has 0 saturated carbocycles. The first-order valence-electron chi connectivity index (χ1n) is 13.5. The predicted octanol–water partition coefficient (Wildman–Crippen LogP) is 6.19. The second-order valence-corrected chi connectivity index (χ2v) is 12.6. The molecule has 0 unspecified atom stereocenters. The highest BCUT2D eigenvalue weighted by Gasteiger charge is 2.34. The van der Waals surface area contributed by atoms with Gasteiger partial charge in [0.05, 0.1) is 34.8 Å². The second-order valence-electron chi connectivity index (χ2n) is 9.49. The number of benzene rings is 3. The Hall–Kier alpha value is -3.18. The number of sulfonamides is 1. The summed E-state index contributed by atoms with van der Waals surface area (Å²) in [6, 6.07) is 14.2. The third-order valence-corrected chi connectivity index (χ3v) is 9.37. The van der Waals surface area contributed by atoms with Crippen LogP contribution in [0.4, 0.5) is 5.69 Å². The molecule has 0 aliphatic rings. The van der Waals surface area contributed by atoms with Crippen LogP contribution in [0.5, 0.6) is 11.5 Å². The van der Waals surface area contributed by atoms with Crippen LogP contribution in [0, 0.1) is 0 Å². The zero-order valence-corrected chi connectivity index (χ0v) is 27.4. The van der Waals surface area contributed by atoms with Crippen LogP contribution < -0.4 is 19.1 Å². The third-order valence-electron chi connectivity index (χ3n) is 6.61. The summed E-state index contributed by atoms with van der Waals surface area (Å²) >= 11 is 18.4. The van der Waals surface area contributed by atoms with Crippen molar-refractivity contribution in [2.75, 3.05) is 31.6 Å². The number of hydrogen-bond donors (Lipinski definition) is 1. The third kappa shape index (κ3) is 8.47. The van der Waals surface area contributed by atoms with E-state index in [4.69, 9.17) is 44.3 Å². The summed E-state index contributed by atoms with van der Waals surface area (Å²) in [5.41, 5.74) is 0.816. The van der Waals surface area contributed by atoms with E-state index in [2.05, 4.69) is 5.32 Å². The van der Waals surface area contributed by atoms with Crippen molar-refractivity contribution >= 4 is 62.3 Å². The van der Waals surface area contributed by atoms with Gasteiger partial charge in [-0.05, 0) is 66.9 Å². The lowest BCUT2D eigenvalue weighted by Gasteiger charge is -2.33. The highest BCUT2D eigenvalue weighted by molar-refractivity contribution is 7.92. The van der Waals surface area contributed by atoms with Gasteiger partial charge in [0, 0.05) is 24.2 Å². The maximum Gasteiger partial charge on any atom is 0.264 e. The lowest BCUT2D eigenvalue weighted by atomic mass is 10.1. The first-order valence-corrected chi connectivity index (χ1v) is 16.1. The number of methoxy groups -OCH3 is 2. The molecule has 1 N–H and O–H groups in total. The van der Waals surface area contributed by atoms with E-state index in [0.717, 1.165) is 4.31 Å². The highest BCUT2D eigenvalue weighted by atomic mass is 35.5. The number of amides is 2. The van der Waals surface area contributed by atoms with Gasteiger partial charge in [-0.25, -0.2) is 8.42 Å². The molecule has 1 atom stereocenters. The van der Waals surface area contributed by atoms with Crippen molar-refractivity contribution in [1.29, 1.82) is 0 Å². The number of rotatable bonds is 14. The largest absolute Gasteiger partial charge is 0.493 e. The highest BCUT2D eigenvalue weighted by Crippen LogP contribution is 2.33. The predicted molar refractivity (Wildman–Crippen MR) is 170 cm³/mol. The SMILES string of the molecule is CCCNC(=O)[C@H](CC)N(Cc1ccc(Cl)c(Cl)c1)C(=O)CN(c1ccc(Cl)cc1)S(=O)(=O)c1ccc(OC)c(OC)c1. The fourth-order valence-electron chi connectivity index (χ4n) is 4.36. The van der Waals surface area contributed by atoms with E-state index in [1.807, 2.05) is 6.92 Å². The van der Waals surface area contributed by atoms with Gasteiger partial charge >= 0.3 is 0 Å². The van der Waals surface area contributed by atoms with Gasteiger partial charge in [-0.2, -0.15) is 0 Å². The van der Waals surface area contributed by atoms with Crippen LogP contribution >= 0.6 is 34.8 Å². The summed E-state index contributed by atoms with van der Waals surface area (Å²) < 4.78 is 39.8. The summed E-state index contributed by atoms with van der Waals surface area (Å²) in [7, 11) is -1.51. The number of anilines is 1. The number of hydrogen-bond acceptors (Lipinski definition) is 6. The minimum atomic E-state index is -4.34. The number of halogens is 3. The molecule has 0 heterocycles. The van der Waals surface area contributed by atoms with Gasteiger partial charge in [0.25, 0.3) is 10.0 Å². The van der Waals surface area contributed by atoms with Crippen LogP contribution in [-0.4, -0.2) is 58.5 Å². The number of nitrogens with zero attached hydrogens (tertiary/aromatic N) is 2. The standard InChI is InChI=1S/C30H34Cl3N3O6S/c1-5-15-34-30(38)26(6-2)35(18-20-7-13-24(32)25(33)16-20)29(37)19-36(22-10-8-21(31)9-11-22)43(39,40)23-12-14-27(41-3)28(17-23)42-4/h7-14,16-17,26H,5-6,15,18-19H2,1-4H3,(H,34,38)/t26-/m0/s1. The van der Waals surface area contributed by atoms with Crippen LogP contribution in [-0.2, 0) is 26.2 Å². The van der Waals surface area contributed by atoms with E-state index >= 15 is 0 Å². The molecule has 2 amide bonds. The van der Waals surface area contributed by atoms with Crippen molar-refractivity contribution < 1.29 is 27.5 Å². The molecule has 3 rings (SSSR count). The van der Waals surface area contributed by atoms with Gasteiger partial charge in [0.1, 0.15) is 12.6 Å². The molecular weight excluding hydrogens is 637 g/mol. The zero-order valence-electron chi connectivity index (χ0n) is 24.3. The van der Waals surface area contributed by atoms with Crippen LogP contribution in [0.2, 0.25) is 15.1 Å². The number of carbonyl (C=O) groups is 2. The van der Waals surface area contributed by atoms with Crippen LogP contribution in [0.25, 0.3) is 0 Å². The van der Waals surface area contributed by atoms with Crippen LogP contribution in [0.1, 0.15) is 32.3 Å². The number of nitrogens with one attached hydrogen (secondary N) is 1. The molecule has 13 heteroatoms. The van der Waals surface area contributed by atoms with Crippen molar-refractivity contribution in [1.82, 2.24) is 10.2 Å². The monoisotopic (exact) mass is 669 g/mol. The van der Waals surface area contributed by atoms with E-state index in [0.29, 0.717) is 34.3 Å². The molecule has 0 bridgehead atoms. The Balaban J connectivity index is 2.10. The smallest absolute Gasteiger partial charge is 0.264 e. The molecular formula is C30H34Cl3N3O6S. The summed E-state index contributed by atoms with van der Waals surface area (Å²) in [4.78, 5) is 28.6. The minimum Gasteiger partial charge on any atom is -0.493 e. The molecule has 0 aliphatic heterocycles. The maximum absolute atomic E-state index is 14.1. The maximum atomic E-state index is 14.1. The lowest BCUT2D eigenvalue weighted by molar-refractivity contribution is -0.140. The molecule has 0 aromatic heterocycles. The normalized spacial score (nSPS) is 11.9. The summed E-state index contributed by atoms with van der Waals surface area (Å²) in [6.45, 7) is 3.50. The average Bonchev–Trinajstić information content (AvgIpc) is 3.00. The van der Waals surface area contributed by atoms with Gasteiger partial charge < -0.3 is 19.7 Å². The van der Waals surface area contributed by atoms with Crippen molar-refractivity contribution in [3.05, 3.63) is 81.3 Å². The van der Waals surface area contributed by atoms with Gasteiger partial charge in [-0.1, -0.05) is 54.7 Å². The van der Waals surface area contributed by atoms with Crippen molar-refractivity contribution in [3.8, 4) is 11.5 Å².